The van der Waals surface area contributed by atoms with E-state index >= 15 is 0 Å². The van der Waals surface area contributed by atoms with Gasteiger partial charge in [-0.05, 0) is 34.1 Å². The molecule has 1 aromatic heterocycles. The van der Waals surface area contributed by atoms with Gasteiger partial charge in [-0.1, -0.05) is 23.2 Å². The number of aromatic carboxylic acids is 1. The molecule has 1 heterocycles. The molecule has 88 valence electrons. The Labute approximate surface area is 115 Å². The van der Waals surface area contributed by atoms with Crippen LogP contribution >= 0.6 is 39.1 Å². The van der Waals surface area contributed by atoms with Crippen molar-refractivity contribution in [3.63, 3.8) is 0 Å². The predicted molar refractivity (Wildman–Crippen MR) is 68.2 cm³/mol. The Bertz CT molecular complexity index is 598. The molecular weight excluding hydrogens is 331 g/mol. The van der Waals surface area contributed by atoms with Crippen LogP contribution in [0.1, 0.15) is 10.5 Å². The van der Waals surface area contributed by atoms with E-state index in [1.165, 1.54) is 16.8 Å². The van der Waals surface area contributed by atoms with Gasteiger partial charge < -0.3 is 5.11 Å². The van der Waals surface area contributed by atoms with E-state index in [-0.39, 0.29) is 5.69 Å². The molecule has 1 aromatic carbocycles. The minimum atomic E-state index is -1.09. The summed E-state index contributed by atoms with van der Waals surface area (Å²) in [5.74, 6) is -1.09. The van der Waals surface area contributed by atoms with Gasteiger partial charge in [-0.25, -0.2) is 9.48 Å². The highest BCUT2D eigenvalue weighted by Crippen LogP contribution is 2.26. The Hall–Kier alpha value is -1.04. The van der Waals surface area contributed by atoms with Crippen LogP contribution < -0.4 is 0 Å². The summed E-state index contributed by atoms with van der Waals surface area (Å²) < 4.78 is 1.66. The number of aromatic nitrogens is 2. The third kappa shape index (κ3) is 2.46. The summed E-state index contributed by atoms with van der Waals surface area (Å²) in [6.07, 6.45) is 0. The molecule has 7 heteroatoms. The summed E-state index contributed by atoms with van der Waals surface area (Å²) in [6, 6.07) is 6.15. The normalized spacial score (nSPS) is 10.5. The summed E-state index contributed by atoms with van der Waals surface area (Å²) in [5.41, 5.74) is 0.472. The first kappa shape index (κ1) is 12.4. The van der Waals surface area contributed by atoms with Gasteiger partial charge in [0.15, 0.2) is 5.69 Å². The summed E-state index contributed by atoms with van der Waals surface area (Å²) in [7, 11) is 0. The second kappa shape index (κ2) is 4.68. The molecule has 0 unspecified atom stereocenters. The van der Waals surface area contributed by atoms with Gasteiger partial charge in [0.25, 0.3) is 0 Å². The van der Waals surface area contributed by atoms with E-state index in [0.717, 1.165) is 0 Å². The van der Waals surface area contributed by atoms with E-state index in [9.17, 15) is 4.79 Å². The van der Waals surface area contributed by atoms with Crippen molar-refractivity contribution in [2.75, 3.05) is 0 Å². The third-order valence-electron chi connectivity index (χ3n) is 2.04. The average Bonchev–Trinajstić information content (AvgIpc) is 2.60. The second-order valence-electron chi connectivity index (χ2n) is 3.16. The molecule has 0 saturated carbocycles. The maximum absolute atomic E-state index is 11.0. The number of benzene rings is 1. The Morgan fingerprint density at radius 2 is 2.06 bits per heavy atom. The number of carboxylic acids is 1. The number of carboxylic acid groups (broad SMARTS) is 1. The number of hydrogen-bond donors (Lipinski definition) is 1. The van der Waals surface area contributed by atoms with Gasteiger partial charge in [0.2, 0.25) is 0 Å². The molecule has 0 spiro atoms. The topological polar surface area (TPSA) is 55.1 Å². The molecule has 0 fully saturated rings. The molecule has 2 aromatic rings. The van der Waals surface area contributed by atoms with Crippen molar-refractivity contribution < 1.29 is 9.90 Å². The van der Waals surface area contributed by atoms with Gasteiger partial charge in [0.05, 0.1) is 10.7 Å². The van der Waals surface area contributed by atoms with Crippen molar-refractivity contribution >= 4 is 45.1 Å². The fraction of sp³-hybridized carbons (Fsp3) is 0. The van der Waals surface area contributed by atoms with Gasteiger partial charge in [-0.2, -0.15) is 5.10 Å². The van der Waals surface area contributed by atoms with Crippen molar-refractivity contribution in [1.82, 2.24) is 9.78 Å². The molecule has 0 aliphatic heterocycles. The molecule has 0 radical (unpaired) electrons. The lowest BCUT2D eigenvalue weighted by atomic mass is 10.3. The summed E-state index contributed by atoms with van der Waals surface area (Å²) in [4.78, 5) is 11.0. The number of carbonyl (C=O) groups is 1. The van der Waals surface area contributed by atoms with E-state index in [1.54, 1.807) is 12.1 Å². The van der Waals surface area contributed by atoms with Crippen LogP contribution in [0.25, 0.3) is 5.69 Å². The Morgan fingerprint density at radius 3 is 2.65 bits per heavy atom. The van der Waals surface area contributed by atoms with Crippen molar-refractivity contribution in [2.24, 2.45) is 0 Å². The van der Waals surface area contributed by atoms with E-state index < -0.39 is 5.97 Å². The van der Waals surface area contributed by atoms with Gasteiger partial charge in [-0.3, -0.25) is 0 Å². The van der Waals surface area contributed by atoms with Gasteiger partial charge in [-0.15, -0.1) is 0 Å². The Morgan fingerprint density at radius 1 is 1.35 bits per heavy atom. The molecule has 0 aliphatic carbocycles. The van der Waals surface area contributed by atoms with Crippen LogP contribution in [0.5, 0.6) is 0 Å². The first-order valence-electron chi connectivity index (χ1n) is 4.43. The maximum atomic E-state index is 11.0. The Balaban J connectivity index is 2.63. The quantitative estimate of drug-likeness (QED) is 0.911. The van der Waals surface area contributed by atoms with Crippen LogP contribution in [-0.2, 0) is 0 Å². The van der Waals surface area contributed by atoms with Crippen molar-refractivity contribution in [1.29, 1.82) is 0 Å². The highest BCUT2D eigenvalue weighted by molar-refractivity contribution is 9.10. The molecule has 0 saturated heterocycles. The first-order chi connectivity index (χ1) is 7.99. The zero-order chi connectivity index (χ0) is 12.6. The van der Waals surface area contributed by atoms with Crippen LogP contribution in [0.15, 0.2) is 28.9 Å². The van der Waals surface area contributed by atoms with Crippen molar-refractivity contribution in [2.45, 2.75) is 0 Å². The minimum absolute atomic E-state index is 0.0149. The largest absolute Gasteiger partial charge is 0.477 e. The lowest BCUT2D eigenvalue weighted by Gasteiger charge is -2.06. The fourth-order valence-corrected chi connectivity index (χ4v) is 2.21. The second-order valence-corrected chi connectivity index (χ2v) is 4.82. The monoisotopic (exact) mass is 334 g/mol. The lowest BCUT2D eigenvalue weighted by Crippen LogP contribution is -2.08. The van der Waals surface area contributed by atoms with Crippen LogP contribution in [0.2, 0.25) is 10.0 Å². The molecule has 0 amide bonds. The average molecular weight is 336 g/mol. The van der Waals surface area contributed by atoms with Crippen molar-refractivity contribution in [3.8, 4) is 5.69 Å². The molecule has 17 heavy (non-hydrogen) atoms. The van der Waals surface area contributed by atoms with Crippen LogP contribution in [0.3, 0.4) is 0 Å². The van der Waals surface area contributed by atoms with E-state index in [2.05, 4.69) is 21.0 Å². The summed E-state index contributed by atoms with van der Waals surface area (Å²) >= 11 is 14.9. The van der Waals surface area contributed by atoms with Gasteiger partial charge >= 0.3 is 5.97 Å². The molecule has 2 rings (SSSR count). The first-order valence-corrected chi connectivity index (χ1v) is 5.98. The smallest absolute Gasteiger partial charge is 0.354 e. The summed E-state index contributed by atoms with van der Waals surface area (Å²) in [5, 5.41) is 13.9. The zero-order valence-corrected chi connectivity index (χ0v) is 11.3. The third-order valence-corrected chi connectivity index (χ3v) is 2.96. The Kier molecular flexibility index (Phi) is 3.42. The van der Waals surface area contributed by atoms with E-state index in [0.29, 0.717) is 20.3 Å². The van der Waals surface area contributed by atoms with Gasteiger partial charge in [0.1, 0.15) is 4.60 Å². The van der Waals surface area contributed by atoms with Gasteiger partial charge in [0, 0.05) is 11.1 Å². The standard InChI is InChI=1S/C10H5BrCl2N2O2/c11-9-4-8(10(16)17)15(14-9)7-2-1-5(12)3-6(7)13/h1-4H,(H,16,17). The maximum Gasteiger partial charge on any atom is 0.354 e. The molecule has 0 bridgehead atoms. The number of nitrogens with zero attached hydrogens (tertiary/aromatic N) is 2. The highest BCUT2D eigenvalue weighted by Gasteiger charge is 2.16. The molecule has 4 nitrogen and oxygen atoms in total. The fourth-order valence-electron chi connectivity index (χ4n) is 1.34. The van der Waals surface area contributed by atoms with Crippen molar-refractivity contribution in [3.05, 3.63) is 44.6 Å². The molecule has 0 aliphatic rings. The number of rotatable bonds is 2. The molecule has 1 N–H and O–H groups in total. The SMILES string of the molecule is O=C(O)c1cc(Br)nn1-c1ccc(Cl)cc1Cl. The predicted octanol–water partition coefficient (Wildman–Crippen LogP) is 3.64. The van der Waals surface area contributed by atoms with E-state index in [4.69, 9.17) is 28.3 Å². The van der Waals surface area contributed by atoms with Crippen LogP contribution in [-0.4, -0.2) is 20.9 Å². The minimum Gasteiger partial charge on any atom is -0.477 e. The van der Waals surface area contributed by atoms with Crippen LogP contribution in [0, 0.1) is 0 Å². The number of halogens is 3. The number of hydrogen-bond acceptors (Lipinski definition) is 2. The van der Waals surface area contributed by atoms with E-state index in [1.807, 2.05) is 0 Å². The van der Waals surface area contributed by atoms with Crippen LogP contribution in [0.4, 0.5) is 0 Å². The highest BCUT2D eigenvalue weighted by atomic mass is 79.9. The molecular formula is C10H5BrCl2N2O2. The molecule has 0 atom stereocenters. The lowest BCUT2D eigenvalue weighted by molar-refractivity contribution is 0.0687. The summed E-state index contributed by atoms with van der Waals surface area (Å²) in [6.45, 7) is 0. The zero-order valence-electron chi connectivity index (χ0n) is 8.19.